The summed E-state index contributed by atoms with van der Waals surface area (Å²) in [6, 6.07) is 1.17. The highest BCUT2D eigenvalue weighted by molar-refractivity contribution is 7.81. The zero-order valence-electron chi connectivity index (χ0n) is 11.7. The normalized spacial score (nSPS) is 20.5. The van der Waals surface area contributed by atoms with E-state index in [0.717, 1.165) is 25.5 Å². The molecular formula is C13H15FN2O5S. The minimum Gasteiger partial charge on any atom is -0.377 e. The van der Waals surface area contributed by atoms with Gasteiger partial charge in [0.25, 0.3) is 5.91 Å². The lowest BCUT2D eigenvalue weighted by molar-refractivity contribution is -0.0877. The molecule has 1 spiro atoms. The summed E-state index contributed by atoms with van der Waals surface area (Å²) in [5.41, 5.74) is -0.118. The molecule has 0 unspecified atom stereocenters. The van der Waals surface area contributed by atoms with Crippen molar-refractivity contribution in [1.29, 1.82) is 0 Å². The van der Waals surface area contributed by atoms with E-state index in [0.29, 0.717) is 19.8 Å². The van der Waals surface area contributed by atoms with Crippen LogP contribution in [0.3, 0.4) is 0 Å². The molecule has 0 atom stereocenters. The Kier molecular flexibility index (Phi) is 3.77. The summed E-state index contributed by atoms with van der Waals surface area (Å²) < 4.78 is 43.2. The fourth-order valence-corrected chi connectivity index (χ4v) is 3.22. The van der Waals surface area contributed by atoms with Gasteiger partial charge in [-0.25, -0.2) is 0 Å². The van der Waals surface area contributed by atoms with Crippen LogP contribution in [-0.4, -0.2) is 49.5 Å². The summed E-state index contributed by atoms with van der Waals surface area (Å²) in [6.45, 7) is 1.42. The van der Waals surface area contributed by atoms with Gasteiger partial charge in [-0.05, 0) is 25.3 Å². The summed E-state index contributed by atoms with van der Waals surface area (Å²) in [4.78, 5) is 18.1. The van der Waals surface area contributed by atoms with E-state index in [9.17, 15) is 17.1 Å². The maximum absolute atomic E-state index is 12.7. The molecule has 120 valence electrons. The van der Waals surface area contributed by atoms with Crippen LogP contribution in [-0.2, 0) is 15.2 Å². The maximum Gasteiger partial charge on any atom is 0.488 e. The predicted molar refractivity (Wildman–Crippen MR) is 73.3 cm³/mol. The number of aromatic nitrogens is 1. The van der Waals surface area contributed by atoms with Gasteiger partial charge in [-0.1, -0.05) is 3.89 Å². The molecule has 7 nitrogen and oxygen atoms in total. The summed E-state index contributed by atoms with van der Waals surface area (Å²) >= 11 is 0. The number of carbonyl (C=O) groups is 1. The lowest BCUT2D eigenvalue weighted by atomic mass is 9.75. The Balaban J connectivity index is 1.84. The van der Waals surface area contributed by atoms with Crippen molar-refractivity contribution in [2.24, 2.45) is 0 Å². The van der Waals surface area contributed by atoms with Crippen LogP contribution in [0.5, 0.6) is 5.75 Å². The SMILES string of the molecule is O=C(c1cncc(OS(=O)(=O)F)c1)N1CCOCC12CCC2. The molecule has 0 bridgehead atoms. The molecule has 1 aliphatic carbocycles. The zero-order valence-corrected chi connectivity index (χ0v) is 12.5. The first kappa shape index (κ1) is 15.2. The topological polar surface area (TPSA) is 85.8 Å². The van der Waals surface area contributed by atoms with Crippen LogP contribution in [0.25, 0.3) is 0 Å². The number of hydrogen-bond donors (Lipinski definition) is 0. The highest BCUT2D eigenvalue weighted by Gasteiger charge is 2.47. The van der Waals surface area contributed by atoms with E-state index >= 15 is 0 Å². The molecule has 2 fully saturated rings. The fraction of sp³-hybridized carbons (Fsp3) is 0.538. The van der Waals surface area contributed by atoms with Crippen molar-refractivity contribution in [3.63, 3.8) is 0 Å². The van der Waals surface area contributed by atoms with Crippen molar-refractivity contribution >= 4 is 16.4 Å². The Morgan fingerprint density at radius 1 is 1.41 bits per heavy atom. The van der Waals surface area contributed by atoms with Crippen molar-refractivity contribution in [1.82, 2.24) is 9.88 Å². The van der Waals surface area contributed by atoms with E-state index in [2.05, 4.69) is 9.17 Å². The van der Waals surface area contributed by atoms with Gasteiger partial charge in [0.05, 0.1) is 30.5 Å². The van der Waals surface area contributed by atoms with Gasteiger partial charge in [-0.3, -0.25) is 9.78 Å². The average molecular weight is 330 g/mol. The van der Waals surface area contributed by atoms with E-state index in [1.807, 2.05) is 0 Å². The van der Waals surface area contributed by atoms with E-state index in [1.165, 1.54) is 12.3 Å². The second-order valence-electron chi connectivity index (χ2n) is 5.47. The van der Waals surface area contributed by atoms with Crippen molar-refractivity contribution in [3.8, 4) is 5.75 Å². The van der Waals surface area contributed by atoms with Crippen LogP contribution in [0.15, 0.2) is 18.5 Å². The van der Waals surface area contributed by atoms with Crippen LogP contribution in [0.1, 0.15) is 29.6 Å². The van der Waals surface area contributed by atoms with Crippen LogP contribution >= 0.6 is 0 Å². The van der Waals surface area contributed by atoms with Gasteiger partial charge in [0.15, 0.2) is 5.75 Å². The van der Waals surface area contributed by atoms with E-state index in [1.54, 1.807) is 4.90 Å². The minimum absolute atomic E-state index is 0.161. The van der Waals surface area contributed by atoms with Gasteiger partial charge < -0.3 is 13.8 Å². The maximum atomic E-state index is 12.7. The largest absolute Gasteiger partial charge is 0.488 e. The summed E-state index contributed by atoms with van der Waals surface area (Å²) in [7, 11) is -5.15. The quantitative estimate of drug-likeness (QED) is 0.771. The third kappa shape index (κ3) is 2.91. The summed E-state index contributed by atoms with van der Waals surface area (Å²) in [5.74, 6) is -0.610. The molecule has 1 aliphatic heterocycles. The van der Waals surface area contributed by atoms with E-state index in [-0.39, 0.29) is 22.8 Å². The van der Waals surface area contributed by atoms with Crippen molar-refractivity contribution < 1.29 is 26.0 Å². The van der Waals surface area contributed by atoms with Gasteiger partial charge in [-0.2, -0.15) is 8.42 Å². The molecule has 1 aromatic rings. The first-order valence-electron chi connectivity index (χ1n) is 6.89. The smallest absolute Gasteiger partial charge is 0.377 e. The highest BCUT2D eigenvalue weighted by atomic mass is 32.3. The molecule has 22 heavy (non-hydrogen) atoms. The van der Waals surface area contributed by atoms with Crippen molar-refractivity contribution in [3.05, 3.63) is 24.0 Å². The number of ether oxygens (including phenoxy) is 1. The number of hydrogen-bond acceptors (Lipinski definition) is 6. The Labute approximate surface area is 127 Å². The lowest BCUT2D eigenvalue weighted by Crippen LogP contribution is -2.62. The molecule has 3 rings (SSSR count). The fourth-order valence-electron chi connectivity index (χ4n) is 2.90. The van der Waals surface area contributed by atoms with Gasteiger partial charge in [0.2, 0.25) is 0 Å². The zero-order chi connectivity index (χ0) is 15.8. The monoisotopic (exact) mass is 330 g/mol. The molecule has 1 saturated carbocycles. The minimum atomic E-state index is -5.15. The number of pyridine rings is 1. The van der Waals surface area contributed by atoms with Gasteiger partial charge in [-0.15, -0.1) is 0 Å². The van der Waals surface area contributed by atoms with Crippen LogP contribution < -0.4 is 4.18 Å². The van der Waals surface area contributed by atoms with Crippen molar-refractivity contribution in [2.45, 2.75) is 24.8 Å². The molecule has 0 aromatic carbocycles. The standard InChI is InChI=1S/C13H15FN2O5S/c14-22(18,19)21-11-6-10(7-15-8-11)12(17)16-4-5-20-9-13(16)2-1-3-13/h6-8H,1-5,9H2. The Morgan fingerprint density at radius 2 is 2.18 bits per heavy atom. The van der Waals surface area contributed by atoms with Gasteiger partial charge in [0, 0.05) is 12.7 Å². The van der Waals surface area contributed by atoms with Crippen molar-refractivity contribution in [2.75, 3.05) is 19.8 Å². The molecule has 2 aliphatic rings. The second-order valence-corrected chi connectivity index (χ2v) is 6.43. The van der Waals surface area contributed by atoms with Crippen LogP contribution in [0.4, 0.5) is 3.89 Å². The Hall–Kier alpha value is -1.74. The third-order valence-electron chi connectivity index (χ3n) is 4.09. The third-order valence-corrected chi connectivity index (χ3v) is 4.48. The van der Waals surface area contributed by atoms with Gasteiger partial charge in [0.1, 0.15) is 0 Å². The van der Waals surface area contributed by atoms with Gasteiger partial charge >= 0.3 is 10.5 Å². The second kappa shape index (κ2) is 5.47. The van der Waals surface area contributed by atoms with E-state index in [4.69, 9.17) is 4.74 Å². The van der Waals surface area contributed by atoms with Crippen LogP contribution in [0, 0.1) is 0 Å². The molecule has 0 radical (unpaired) electrons. The Morgan fingerprint density at radius 3 is 2.82 bits per heavy atom. The Bertz CT molecular complexity index is 689. The lowest BCUT2D eigenvalue weighted by Gasteiger charge is -2.52. The number of rotatable bonds is 3. The molecule has 0 N–H and O–H groups in total. The summed E-state index contributed by atoms with van der Waals surface area (Å²) in [5, 5.41) is 0. The molecule has 1 aromatic heterocycles. The number of halogens is 1. The number of carbonyl (C=O) groups excluding carboxylic acids is 1. The first-order valence-corrected chi connectivity index (χ1v) is 8.19. The molecule has 1 amide bonds. The average Bonchev–Trinajstić information content (AvgIpc) is 2.43. The highest BCUT2D eigenvalue weighted by Crippen LogP contribution is 2.40. The first-order chi connectivity index (χ1) is 10.4. The molecule has 9 heteroatoms. The molecule has 2 heterocycles. The van der Waals surface area contributed by atoms with Crippen LogP contribution in [0.2, 0.25) is 0 Å². The number of nitrogens with zero attached hydrogens (tertiary/aromatic N) is 2. The summed E-state index contributed by atoms with van der Waals surface area (Å²) in [6.07, 6.45) is 5.13. The molecule has 1 saturated heterocycles. The number of amides is 1. The number of morpholine rings is 1. The van der Waals surface area contributed by atoms with E-state index < -0.39 is 10.5 Å². The predicted octanol–water partition coefficient (Wildman–Crippen LogP) is 1.07. The molecular weight excluding hydrogens is 315 g/mol.